The summed E-state index contributed by atoms with van der Waals surface area (Å²) >= 11 is 3.37. The van der Waals surface area contributed by atoms with Crippen LogP contribution >= 0.6 is 15.9 Å². The van der Waals surface area contributed by atoms with Gasteiger partial charge in [-0.15, -0.1) is 0 Å². The summed E-state index contributed by atoms with van der Waals surface area (Å²) in [7, 11) is 0. The standard InChI is InChI=1S/C14H17BrN4O/c1-9-10(2)20-13(18-9)8-19-5-3-4-12(19)14-16-6-11(15)7-17-14/h6-7,12H,3-5,8H2,1-2H3. The van der Waals surface area contributed by atoms with Crippen molar-refractivity contribution in [1.29, 1.82) is 0 Å². The summed E-state index contributed by atoms with van der Waals surface area (Å²) in [5, 5.41) is 0. The Bertz CT molecular complexity index is 576. The summed E-state index contributed by atoms with van der Waals surface area (Å²) < 4.78 is 6.59. The van der Waals surface area contributed by atoms with Crippen LogP contribution in [-0.2, 0) is 6.54 Å². The molecule has 1 unspecified atom stereocenters. The number of rotatable bonds is 3. The highest BCUT2D eigenvalue weighted by molar-refractivity contribution is 9.10. The van der Waals surface area contributed by atoms with Gasteiger partial charge in [0.05, 0.1) is 22.8 Å². The summed E-state index contributed by atoms with van der Waals surface area (Å²) in [5.41, 5.74) is 0.968. The van der Waals surface area contributed by atoms with Gasteiger partial charge in [-0.3, -0.25) is 4.90 Å². The number of halogens is 1. The molecular formula is C14H17BrN4O. The van der Waals surface area contributed by atoms with Gasteiger partial charge >= 0.3 is 0 Å². The highest BCUT2D eigenvalue weighted by Crippen LogP contribution is 2.31. The monoisotopic (exact) mass is 336 g/mol. The Kier molecular flexibility index (Phi) is 3.85. The van der Waals surface area contributed by atoms with Gasteiger partial charge in [-0.05, 0) is 49.2 Å². The van der Waals surface area contributed by atoms with Crippen LogP contribution in [0.25, 0.3) is 0 Å². The van der Waals surface area contributed by atoms with Gasteiger partial charge in [0, 0.05) is 12.4 Å². The molecule has 1 aliphatic rings. The molecule has 6 heteroatoms. The van der Waals surface area contributed by atoms with E-state index in [0.717, 1.165) is 53.6 Å². The van der Waals surface area contributed by atoms with E-state index in [1.54, 1.807) is 12.4 Å². The lowest BCUT2D eigenvalue weighted by atomic mass is 10.2. The lowest BCUT2D eigenvalue weighted by molar-refractivity contribution is 0.215. The third kappa shape index (κ3) is 2.76. The number of hydrogen-bond donors (Lipinski definition) is 0. The Morgan fingerprint density at radius 1 is 1.35 bits per heavy atom. The first kappa shape index (κ1) is 13.7. The van der Waals surface area contributed by atoms with Crippen molar-refractivity contribution < 1.29 is 4.42 Å². The van der Waals surface area contributed by atoms with Crippen molar-refractivity contribution in [2.24, 2.45) is 0 Å². The molecule has 2 aromatic heterocycles. The molecule has 5 nitrogen and oxygen atoms in total. The average Bonchev–Trinajstić information content (AvgIpc) is 2.99. The van der Waals surface area contributed by atoms with Crippen molar-refractivity contribution in [2.45, 2.75) is 39.3 Å². The van der Waals surface area contributed by atoms with Crippen LogP contribution in [0.3, 0.4) is 0 Å². The molecule has 0 aliphatic carbocycles. The molecule has 0 radical (unpaired) electrons. The smallest absolute Gasteiger partial charge is 0.208 e. The Morgan fingerprint density at radius 3 is 2.75 bits per heavy atom. The van der Waals surface area contributed by atoms with Crippen molar-refractivity contribution in [3.8, 4) is 0 Å². The maximum Gasteiger partial charge on any atom is 0.208 e. The van der Waals surface area contributed by atoms with Gasteiger partial charge in [-0.2, -0.15) is 0 Å². The molecule has 0 amide bonds. The highest BCUT2D eigenvalue weighted by Gasteiger charge is 2.29. The van der Waals surface area contributed by atoms with E-state index in [1.165, 1.54) is 0 Å². The molecule has 1 aliphatic heterocycles. The molecule has 1 atom stereocenters. The summed E-state index contributed by atoms with van der Waals surface area (Å²) in [4.78, 5) is 15.6. The van der Waals surface area contributed by atoms with Crippen LogP contribution in [0, 0.1) is 13.8 Å². The van der Waals surface area contributed by atoms with Crippen LogP contribution < -0.4 is 0 Å². The van der Waals surface area contributed by atoms with Gasteiger partial charge in [0.15, 0.2) is 0 Å². The number of likely N-dealkylation sites (tertiary alicyclic amines) is 1. The van der Waals surface area contributed by atoms with Crippen LogP contribution in [0.15, 0.2) is 21.3 Å². The number of aryl methyl sites for hydroxylation is 2. The third-order valence-corrected chi connectivity index (χ3v) is 4.12. The number of nitrogens with zero attached hydrogens (tertiary/aromatic N) is 4. The maximum atomic E-state index is 5.68. The number of hydrogen-bond acceptors (Lipinski definition) is 5. The second-order valence-electron chi connectivity index (χ2n) is 5.14. The fourth-order valence-electron chi connectivity index (χ4n) is 2.58. The second-order valence-corrected chi connectivity index (χ2v) is 6.05. The Labute approximate surface area is 126 Å². The zero-order valence-electron chi connectivity index (χ0n) is 11.6. The first-order chi connectivity index (χ1) is 9.63. The lowest BCUT2D eigenvalue weighted by Gasteiger charge is -2.21. The summed E-state index contributed by atoms with van der Waals surface area (Å²) in [6, 6.07) is 0.260. The average molecular weight is 337 g/mol. The molecule has 0 N–H and O–H groups in total. The number of oxazole rings is 1. The topological polar surface area (TPSA) is 55.1 Å². The molecule has 1 fully saturated rings. The van der Waals surface area contributed by atoms with E-state index in [4.69, 9.17) is 4.42 Å². The predicted molar refractivity (Wildman–Crippen MR) is 78.1 cm³/mol. The minimum Gasteiger partial charge on any atom is -0.444 e. The predicted octanol–water partition coefficient (Wildman–Crippen LogP) is 3.18. The Balaban J connectivity index is 1.77. The van der Waals surface area contributed by atoms with E-state index in [9.17, 15) is 0 Å². The van der Waals surface area contributed by atoms with Gasteiger partial charge in [-0.25, -0.2) is 15.0 Å². The van der Waals surface area contributed by atoms with E-state index >= 15 is 0 Å². The van der Waals surface area contributed by atoms with Crippen molar-refractivity contribution in [1.82, 2.24) is 19.9 Å². The van der Waals surface area contributed by atoms with E-state index in [1.807, 2.05) is 13.8 Å². The highest BCUT2D eigenvalue weighted by atomic mass is 79.9. The van der Waals surface area contributed by atoms with E-state index in [0.29, 0.717) is 0 Å². The van der Waals surface area contributed by atoms with Crippen molar-refractivity contribution in [2.75, 3.05) is 6.54 Å². The normalized spacial score (nSPS) is 19.6. The summed E-state index contributed by atoms with van der Waals surface area (Å²) in [6.45, 7) is 5.68. The molecule has 0 spiro atoms. The molecule has 0 aromatic carbocycles. The Morgan fingerprint density at radius 2 is 2.10 bits per heavy atom. The van der Waals surface area contributed by atoms with Crippen LogP contribution in [0.4, 0.5) is 0 Å². The Hall–Kier alpha value is -1.27. The number of aromatic nitrogens is 3. The first-order valence-corrected chi connectivity index (χ1v) is 7.57. The van der Waals surface area contributed by atoms with Crippen molar-refractivity contribution >= 4 is 15.9 Å². The van der Waals surface area contributed by atoms with Crippen LogP contribution in [0.5, 0.6) is 0 Å². The van der Waals surface area contributed by atoms with Gasteiger partial charge in [0.25, 0.3) is 0 Å². The first-order valence-electron chi connectivity index (χ1n) is 6.78. The molecule has 106 valence electrons. The molecule has 0 bridgehead atoms. The molecule has 3 heterocycles. The molecule has 0 saturated carbocycles. The largest absolute Gasteiger partial charge is 0.444 e. The molecule has 20 heavy (non-hydrogen) atoms. The second kappa shape index (κ2) is 5.61. The quantitative estimate of drug-likeness (QED) is 0.861. The fraction of sp³-hybridized carbons (Fsp3) is 0.500. The van der Waals surface area contributed by atoms with Crippen molar-refractivity contribution in [3.05, 3.63) is 40.0 Å². The third-order valence-electron chi connectivity index (χ3n) is 3.71. The van der Waals surface area contributed by atoms with Crippen LogP contribution in [0.2, 0.25) is 0 Å². The summed E-state index contributed by atoms with van der Waals surface area (Å²) in [6.07, 6.45) is 5.85. The van der Waals surface area contributed by atoms with E-state index in [-0.39, 0.29) is 6.04 Å². The van der Waals surface area contributed by atoms with E-state index in [2.05, 4.69) is 35.8 Å². The minimum absolute atomic E-state index is 0.260. The lowest BCUT2D eigenvalue weighted by Crippen LogP contribution is -2.24. The SMILES string of the molecule is Cc1nc(CN2CCCC2c2ncc(Br)cn2)oc1C. The van der Waals surface area contributed by atoms with E-state index < -0.39 is 0 Å². The minimum atomic E-state index is 0.260. The fourth-order valence-corrected chi connectivity index (χ4v) is 2.79. The summed E-state index contributed by atoms with van der Waals surface area (Å²) in [5.74, 6) is 2.56. The van der Waals surface area contributed by atoms with Crippen molar-refractivity contribution in [3.63, 3.8) is 0 Å². The zero-order chi connectivity index (χ0) is 14.1. The van der Waals surface area contributed by atoms with Gasteiger partial charge < -0.3 is 4.42 Å². The molecular weight excluding hydrogens is 320 g/mol. The van der Waals surface area contributed by atoms with Gasteiger partial charge in [0.1, 0.15) is 11.6 Å². The van der Waals surface area contributed by atoms with Gasteiger partial charge in [-0.1, -0.05) is 0 Å². The zero-order valence-corrected chi connectivity index (χ0v) is 13.2. The molecule has 2 aromatic rings. The van der Waals surface area contributed by atoms with Crippen LogP contribution in [0.1, 0.15) is 42.1 Å². The molecule has 1 saturated heterocycles. The van der Waals surface area contributed by atoms with Gasteiger partial charge in [0.2, 0.25) is 5.89 Å². The van der Waals surface area contributed by atoms with Crippen LogP contribution in [-0.4, -0.2) is 26.4 Å². The maximum absolute atomic E-state index is 5.68. The molecule has 3 rings (SSSR count).